The van der Waals surface area contributed by atoms with Gasteiger partial charge < -0.3 is 10.1 Å². The Morgan fingerprint density at radius 2 is 1.78 bits per heavy atom. The monoisotopic (exact) mass is 394 g/mol. The van der Waals surface area contributed by atoms with E-state index in [1.165, 1.54) is 44.4 Å². The molecule has 0 bridgehead atoms. The van der Waals surface area contributed by atoms with Crippen molar-refractivity contribution in [2.75, 3.05) is 27.2 Å². The van der Waals surface area contributed by atoms with Crippen molar-refractivity contribution < 1.29 is 22.3 Å². The van der Waals surface area contributed by atoms with Crippen LogP contribution in [0.2, 0.25) is 0 Å². The van der Waals surface area contributed by atoms with Crippen LogP contribution in [-0.2, 0) is 10.0 Å². The van der Waals surface area contributed by atoms with Crippen molar-refractivity contribution >= 4 is 15.9 Å². The van der Waals surface area contributed by atoms with E-state index < -0.39 is 15.9 Å². The van der Waals surface area contributed by atoms with Crippen molar-refractivity contribution in [1.82, 2.24) is 9.62 Å². The number of rotatable bonds is 7. The average Bonchev–Trinajstić information content (AvgIpc) is 2.61. The summed E-state index contributed by atoms with van der Waals surface area (Å²) in [6.45, 7) is 3.90. The van der Waals surface area contributed by atoms with Gasteiger partial charge in [0, 0.05) is 19.7 Å². The lowest BCUT2D eigenvalue weighted by Crippen LogP contribution is -2.29. The number of nitrogens with one attached hydrogen (secondary N) is 1. The standard InChI is InChI=1S/C19H23FN2O4S/c1-13-11-15(12-18(14(13)2)27(24,25)22(3)4)19(23)21-9-10-26-17-7-5-16(20)6-8-17/h5-8,11-12H,9-10H2,1-4H3,(H,21,23). The van der Waals surface area contributed by atoms with Crippen LogP contribution >= 0.6 is 0 Å². The number of nitrogens with zero attached hydrogens (tertiary/aromatic N) is 1. The number of carbonyl (C=O) groups excluding carboxylic acids is 1. The molecule has 1 amide bonds. The lowest BCUT2D eigenvalue weighted by atomic mass is 10.1. The van der Waals surface area contributed by atoms with Gasteiger partial charge in [-0.05, 0) is 61.4 Å². The van der Waals surface area contributed by atoms with E-state index in [1.54, 1.807) is 19.9 Å². The lowest BCUT2D eigenvalue weighted by molar-refractivity contribution is 0.0946. The number of sulfonamides is 1. The molecule has 0 saturated heterocycles. The minimum Gasteiger partial charge on any atom is -0.492 e. The van der Waals surface area contributed by atoms with Crippen LogP contribution in [0.5, 0.6) is 5.75 Å². The van der Waals surface area contributed by atoms with Crippen LogP contribution in [-0.4, -0.2) is 45.9 Å². The van der Waals surface area contributed by atoms with Gasteiger partial charge in [0.15, 0.2) is 0 Å². The molecular weight excluding hydrogens is 371 g/mol. The molecule has 0 aliphatic carbocycles. The molecule has 0 aliphatic rings. The SMILES string of the molecule is Cc1cc(C(=O)NCCOc2ccc(F)cc2)cc(S(=O)(=O)N(C)C)c1C. The number of amides is 1. The fourth-order valence-electron chi connectivity index (χ4n) is 2.39. The Morgan fingerprint density at radius 3 is 2.37 bits per heavy atom. The van der Waals surface area contributed by atoms with Crippen molar-refractivity contribution in [2.45, 2.75) is 18.7 Å². The van der Waals surface area contributed by atoms with Crippen LogP contribution in [0.3, 0.4) is 0 Å². The van der Waals surface area contributed by atoms with Crippen LogP contribution < -0.4 is 10.1 Å². The first-order chi connectivity index (χ1) is 12.6. The predicted octanol–water partition coefficient (Wildman–Crippen LogP) is 2.50. The molecule has 0 unspecified atom stereocenters. The Bertz CT molecular complexity index is 925. The first-order valence-corrected chi connectivity index (χ1v) is 9.77. The Labute approximate surface area is 159 Å². The topological polar surface area (TPSA) is 75.7 Å². The number of benzene rings is 2. The van der Waals surface area contributed by atoms with E-state index in [1.807, 2.05) is 0 Å². The number of halogens is 1. The maximum atomic E-state index is 12.8. The summed E-state index contributed by atoms with van der Waals surface area (Å²) < 4.78 is 44.3. The molecule has 6 nitrogen and oxygen atoms in total. The van der Waals surface area contributed by atoms with Gasteiger partial charge in [-0.2, -0.15) is 0 Å². The fourth-order valence-corrected chi connectivity index (χ4v) is 3.61. The Balaban J connectivity index is 2.06. The summed E-state index contributed by atoms with van der Waals surface area (Å²) in [6.07, 6.45) is 0. The highest BCUT2D eigenvalue weighted by Crippen LogP contribution is 2.23. The zero-order chi connectivity index (χ0) is 20.2. The molecule has 0 atom stereocenters. The fraction of sp³-hybridized carbons (Fsp3) is 0.316. The average molecular weight is 394 g/mol. The zero-order valence-corrected chi connectivity index (χ0v) is 16.6. The molecule has 0 spiro atoms. The van der Waals surface area contributed by atoms with Crippen LogP contribution in [0.1, 0.15) is 21.5 Å². The van der Waals surface area contributed by atoms with Gasteiger partial charge in [-0.25, -0.2) is 17.1 Å². The first-order valence-electron chi connectivity index (χ1n) is 8.33. The number of ether oxygens (including phenoxy) is 1. The Morgan fingerprint density at radius 1 is 1.15 bits per heavy atom. The molecule has 0 heterocycles. The van der Waals surface area contributed by atoms with Crippen LogP contribution in [0, 0.1) is 19.7 Å². The van der Waals surface area contributed by atoms with Gasteiger partial charge in [0.05, 0.1) is 11.4 Å². The molecule has 0 aromatic heterocycles. The van der Waals surface area contributed by atoms with Crippen LogP contribution in [0.4, 0.5) is 4.39 Å². The molecule has 0 radical (unpaired) electrons. The molecule has 2 aromatic rings. The number of carbonyl (C=O) groups is 1. The highest BCUT2D eigenvalue weighted by molar-refractivity contribution is 7.89. The molecule has 0 saturated carbocycles. The molecule has 8 heteroatoms. The minimum absolute atomic E-state index is 0.111. The van der Waals surface area contributed by atoms with Gasteiger partial charge in [-0.15, -0.1) is 0 Å². The summed E-state index contributed by atoms with van der Waals surface area (Å²) >= 11 is 0. The van der Waals surface area contributed by atoms with Crippen LogP contribution in [0.25, 0.3) is 0 Å². The van der Waals surface area contributed by atoms with Gasteiger partial charge in [0.2, 0.25) is 10.0 Å². The normalized spacial score (nSPS) is 11.5. The summed E-state index contributed by atoms with van der Waals surface area (Å²) in [7, 11) is -0.757. The van der Waals surface area contributed by atoms with E-state index in [4.69, 9.17) is 4.74 Å². The molecule has 27 heavy (non-hydrogen) atoms. The quantitative estimate of drug-likeness (QED) is 0.732. The second kappa shape index (κ2) is 8.49. The zero-order valence-electron chi connectivity index (χ0n) is 15.7. The van der Waals surface area contributed by atoms with Gasteiger partial charge in [-0.1, -0.05) is 0 Å². The number of hydrogen-bond acceptors (Lipinski definition) is 4. The third kappa shape index (κ3) is 5.05. The summed E-state index contributed by atoms with van der Waals surface area (Å²) in [5.74, 6) is -0.249. The number of aryl methyl sites for hydroxylation is 1. The van der Waals surface area contributed by atoms with E-state index in [-0.39, 0.29) is 29.4 Å². The van der Waals surface area contributed by atoms with Crippen molar-refractivity contribution in [3.63, 3.8) is 0 Å². The summed E-state index contributed by atoms with van der Waals surface area (Å²) in [5.41, 5.74) is 1.59. The molecular formula is C19H23FN2O4S. The Kier molecular flexibility index (Phi) is 6.56. The molecule has 2 rings (SSSR count). The first kappa shape index (κ1) is 20.9. The molecule has 0 fully saturated rings. The van der Waals surface area contributed by atoms with E-state index >= 15 is 0 Å². The maximum Gasteiger partial charge on any atom is 0.251 e. The van der Waals surface area contributed by atoms with E-state index in [0.717, 1.165) is 4.31 Å². The lowest BCUT2D eigenvalue weighted by Gasteiger charge is -2.16. The molecule has 2 aromatic carbocycles. The van der Waals surface area contributed by atoms with Crippen molar-refractivity contribution in [1.29, 1.82) is 0 Å². The third-order valence-electron chi connectivity index (χ3n) is 4.11. The van der Waals surface area contributed by atoms with Gasteiger partial charge in [0.25, 0.3) is 5.91 Å². The van der Waals surface area contributed by atoms with Crippen molar-refractivity contribution in [2.24, 2.45) is 0 Å². The predicted molar refractivity (Wildman–Crippen MR) is 101 cm³/mol. The summed E-state index contributed by atoms with van der Waals surface area (Å²) in [5, 5.41) is 2.69. The van der Waals surface area contributed by atoms with E-state index in [0.29, 0.717) is 16.9 Å². The van der Waals surface area contributed by atoms with E-state index in [2.05, 4.69) is 5.32 Å². The third-order valence-corrected chi connectivity index (χ3v) is 6.05. The van der Waals surface area contributed by atoms with E-state index in [9.17, 15) is 17.6 Å². The number of hydrogen-bond donors (Lipinski definition) is 1. The Hall–Kier alpha value is -2.45. The second-order valence-corrected chi connectivity index (χ2v) is 8.38. The van der Waals surface area contributed by atoms with Crippen LogP contribution in [0.15, 0.2) is 41.3 Å². The minimum atomic E-state index is -3.65. The molecule has 0 aliphatic heterocycles. The van der Waals surface area contributed by atoms with Gasteiger partial charge >= 0.3 is 0 Å². The molecule has 146 valence electrons. The highest BCUT2D eigenvalue weighted by atomic mass is 32.2. The largest absolute Gasteiger partial charge is 0.492 e. The summed E-state index contributed by atoms with van der Waals surface area (Å²) in [6, 6.07) is 8.61. The smallest absolute Gasteiger partial charge is 0.251 e. The van der Waals surface area contributed by atoms with Gasteiger partial charge in [0.1, 0.15) is 18.2 Å². The van der Waals surface area contributed by atoms with Gasteiger partial charge in [-0.3, -0.25) is 4.79 Å². The summed E-state index contributed by atoms with van der Waals surface area (Å²) in [4.78, 5) is 12.5. The molecule has 1 N–H and O–H groups in total. The second-order valence-electron chi connectivity index (χ2n) is 6.26. The van der Waals surface area contributed by atoms with Crippen molar-refractivity contribution in [3.8, 4) is 5.75 Å². The maximum absolute atomic E-state index is 12.8. The highest BCUT2D eigenvalue weighted by Gasteiger charge is 2.22. The van der Waals surface area contributed by atoms with Crippen molar-refractivity contribution in [3.05, 3.63) is 58.9 Å².